The molecule has 0 unspecified atom stereocenters. The van der Waals surface area contributed by atoms with Crippen molar-refractivity contribution in [2.45, 2.75) is 31.9 Å². The van der Waals surface area contributed by atoms with E-state index in [1.165, 1.54) is 6.92 Å². The van der Waals surface area contributed by atoms with Crippen LogP contribution in [0.25, 0.3) is 0 Å². The lowest BCUT2D eigenvalue weighted by molar-refractivity contribution is -0.133. The van der Waals surface area contributed by atoms with Crippen molar-refractivity contribution in [1.82, 2.24) is 15.2 Å². The fourth-order valence-electron chi connectivity index (χ4n) is 2.46. The molecule has 108 valence electrons. The molecule has 1 aromatic heterocycles. The number of hydrogen-bond acceptors (Lipinski definition) is 4. The summed E-state index contributed by atoms with van der Waals surface area (Å²) < 4.78 is 0. The molecule has 0 aliphatic carbocycles. The van der Waals surface area contributed by atoms with Gasteiger partial charge in [-0.25, -0.2) is 0 Å². The Morgan fingerprint density at radius 1 is 1.45 bits per heavy atom. The number of hydrogen-bond donors (Lipinski definition) is 2. The molecule has 0 radical (unpaired) electrons. The molecule has 2 rings (SSSR count). The van der Waals surface area contributed by atoms with Crippen LogP contribution in [0.15, 0.2) is 24.5 Å². The van der Waals surface area contributed by atoms with Crippen LogP contribution in [0.3, 0.4) is 0 Å². The van der Waals surface area contributed by atoms with Gasteiger partial charge in [0.2, 0.25) is 11.8 Å². The lowest BCUT2D eigenvalue weighted by atomic mass is 10.0. The van der Waals surface area contributed by atoms with Gasteiger partial charge in [-0.15, -0.1) is 0 Å². The normalized spacial score (nSPS) is 21.8. The first kappa shape index (κ1) is 14.5. The maximum Gasteiger partial charge on any atom is 0.242 e. The Labute approximate surface area is 117 Å². The number of nitrogens with one attached hydrogen (secondary N) is 1. The van der Waals surface area contributed by atoms with Crippen LogP contribution in [0.4, 0.5) is 0 Å². The number of carbonyl (C=O) groups excluding carboxylic acids is 2. The fourth-order valence-corrected chi connectivity index (χ4v) is 2.46. The van der Waals surface area contributed by atoms with Crippen molar-refractivity contribution in [3.05, 3.63) is 30.1 Å². The molecule has 2 atom stereocenters. The van der Waals surface area contributed by atoms with Gasteiger partial charge in [-0.1, -0.05) is 0 Å². The molecule has 2 N–H and O–H groups in total. The molecular formula is C14H19N3O3. The highest BCUT2D eigenvalue weighted by atomic mass is 16.3. The Morgan fingerprint density at radius 3 is 2.80 bits per heavy atom. The van der Waals surface area contributed by atoms with Crippen LogP contribution in [0.1, 0.15) is 18.9 Å². The minimum atomic E-state index is -0.524. The number of amides is 2. The summed E-state index contributed by atoms with van der Waals surface area (Å²) in [5, 5.41) is 12.5. The van der Waals surface area contributed by atoms with Gasteiger partial charge < -0.3 is 15.3 Å². The first-order valence-corrected chi connectivity index (χ1v) is 6.69. The second kappa shape index (κ2) is 6.47. The van der Waals surface area contributed by atoms with Gasteiger partial charge in [0, 0.05) is 25.9 Å². The molecular weight excluding hydrogens is 258 g/mol. The van der Waals surface area contributed by atoms with Crippen molar-refractivity contribution in [3.63, 3.8) is 0 Å². The summed E-state index contributed by atoms with van der Waals surface area (Å²) in [5.74, 6) is -0.389. The van der Waals surface area contributed by atoms with Crippen LogP contribution in [0.5, 0.6) is 0 Å². The van der Waals surface area contributed by atoms with Crippen LogP contribution in [-0.4, -0.2) is 52.0 Å². The number of nitrogens with zero attached hydrogens (tertiary/aromatic N) is 2. The van der Waals surface area contributed by atoms with Crippen LogP contribution < -0.4 is 5.32 Å². The Bertz CT molecular complexity index is 478. The van der Waals surface area contributed by atoms with Crippen LogP contribution in [0.2, 0.25) is 0 Å². The summed E-state index contributed by atoms with van der Waals surface area (Å²) in [5.41, 5.74) is 1.03. The van der Waals surface area contributed by atoms with Gasteiger partial charge in [0.25, 0.3) is 0 Å². The first-order valence-electron chi connectivity index (χ1n) is 6.69. The van der Waals surface area contributed by atoms with Crippen LogP contribution in [-0.2, 0) is 16.0 Å². The van der Waals surface area contributed by atoms with Crippen molar-refractivity contribution < 1.29 is 14.7 Å². The Hall–Kier alpha value is -1.95. The molecule has 2 amide bonds. The lowest BCUT2D eigenvalue weighted by Gasteiger charge is -2.26. The van der Waals surface area contributed by atoms with Crippen molar-refractivity contribution in [2.75, 3.05) is 13.1 Å². The van der Waals surface area contributed by atoms with E-state index < -0.39 is 6.10 Å². The molecule has 0 saturated carbocycles. The molecule has 1 saturated heterocycles. The third-order valence-electron chi connectivity index (χ3n) is 3.51. The topological polar surface area (TPSA) is 82.5 Å². The zero-order chi connectivity index (χ0) is 14.5. The molecule has 6 heteroatoms. The van der Waals surface area contributed by atoms with Crippen LogP contribution >= 0.6 is 0 Å². The predicted octanol–water partition coefficient (Wildman–Crippen LogP) is -0.278. The fraction of sp³-hybridized carbons (Fsp3) is 0.500. The smallest absolute Gasteiger partial charge is 0.242 e. The Kier molecular flexibility index (Phi) is 4.68. The molecule has 6 nitrogen and oxygen atoms in total. The van der Waals surface area contributed by atoms with Crippen molar-refractivity contribution in [1.29, 1.82) is 0 Å². The number of likely N-dealkylation sites (tertiary alicyclic amines) is 1. The summed E-state index contributed by atoms with van der Waals surface area (Å²) in [7, 11) is 0. The van der Waals surface area contributed by atoms with E-state index in [0.29, 0.717) is 19.4 Å². The third kappa shape index (κ3) is 3.54. The highest BCUT2D eigenvalue weighted by Crippen LogP contribution is 2.21. The summed E-state index contributed by atoms with van der Waals surface area (Å²) in [4.78, 5) is 28.6. The van der Waals surface area contributed by atoms with Gasteiger partial charge in [-0.3, -0.25) is 14.6 Å². The molecule has 1 aliphatic heterocycles. The highest BCUT2D eigenvalue weighted by Gasteiger charge is 2.35. The lowest BCUT2D eigenvalue weighted by Crippen LogP contribution is -2.45. The summed E-state index contributed by atoms with van der Waals surface area (Å²) in [6.07, 6.45) is 4.03. The first-order chi connectivity index (χ1) is 9.58. The van der Waals surface area contributed by atoms with E-state index in [9.17, 15) is 14.7 Å². The Balaban J connectivity index is 2.01. The van der Waals surface area contributed by atoms with E-state index in [2.05, 4.69) is 10.3 Å². The minimum absolute atomic E-state index is 0.0189. The van der Waals surface area contributed by atoms with Crippen molar-refractivity contribution >= 4 is 11.8 Å². The highest BCUT2D eigenvalue weighted by molar-refractivity contribution is 5.84. The van der Waals surface area contributed by atoms with Crippen molar-refractivity contribution in [2.24, 2.45) is 0 Å². The average molecular weight is 277 g/mol. The quantitative estimate of drug-likeness (QED) is 0.793. The number of carbonyl (C=O) groups is 2. The summed E-state index contributed by atoms with van der Waals surface area (Å²) >= 11 is 0. The largest absolute Gasteiger partial charge is 0.391 e. The number of pyridine rings is 1. The van der Waals surface area contributed by atoms with Crippen molar-refractivity contribution in [3.8, 4) is 0 Å². The second-order valence-corrected chi connectivity index (χ2v) is 4.98. The Morgan fingerprint density at radius 2 is 2.15 bits per heavy atom. The molecule has 0 aromatic carbocycles. The number of aliphatic hydroxyl groups is 1. The van der Waals surface area contributed by atoms with Gasteiger partial charge in [0.1, 0.15) is 0 Å². The number of rotatable bonds is 4. The molecule has 2 heterocycles. The van der Waals surface area contributed by atoms with Gasteiger partial charge in [-0.2, -0.15) is 0 Å². The van der Waals surface area contributed by atoms with Crippen LogP contribution in [0, 0.1) is 0 Å². The summed E-state index contributed by atoms with van der Waals surface area (Å²) in [6, 6.07) is 3.52. The zero-order valence-electron chi connectivity index (χ0n) is 11.5. The third-order valence-corrected chi connectivity index (χ3v) is 3.51. The number of aromatic nitrogens is 1. The second-order valence-electron chi connectivity index (χ2n) is 4.98. The molecule has 20 heavy (non-hydrogen) atoms. The predicted molar refractivity (Wildman–Crippen MR) is 72.7 cm³/mol. The average Bonchev–Trinajstić information content (AvgIpc) is 2.79. The van der Waals surface area contributed by atoms with Gasteiger partial charge in [0.05, 0.1) is 18.7 Å². The SMILES string of the molecule is CC(=O)NCC(=O)N1CC[C@@H](O)[C@H]1Cc1ccncc1. The molecule has 1 aromatic rings. The minimum Gasteiger partial charge on any atom is -0.391 e. The van der Waals surface area contributed by atoms with E-state index in [1.807, 2.05) is 12.1 Å². The maximum atomic E-state index is 12.1. The number of aliphatic hydroxyl groups excluding tert-OH is 1. The van der Waals surface area contributed by atoms with E-state index in [1.54, 1.807) is 17.3 Å². The van der Waals surface area contributed by atoms with E-state index in [-0.39, 0.29) is 24.4 Å². The molecule has 0 bridgehead atoms. The van der Waals surface area contributed by atoms with Gasteiger partial charge in [-0.05, 0) is 30.5 Å². The van der Waals surface area contributed by atoms with E-state index >= 15 is 0 Å². The van der Waals surface area contributed by atoms with E-state index in [0.717, 1.165) is 5.56 Å². The zero-order valence-corrected chi connectivity index (χ0v) is 11.5. The monoisotopic (exact) mass is 277 g/mol. The maximum absolute atomic E-state index is 12.1. The molecule has 1 aliphatic rings. The van der Waals surface area contributed by atoms with E-state index in [4.69, 9.17) is 0 Å². The standard InChI is InChI=1S/C14H19N3O3/c1-10(18)16-9-14(20)17-7-4-13(19)12(17)8-11-2-5-15-6-3-11/h2-3,5-6,12-13,19H,4,7-9H2,1H3,(H,16,18)/t12-,13-/m1/s1. The van der Waals surface area contributed by atoms with Gasteiger partial charge in [0.15, 0.2) is 0 Å². The molecule has 1 fully saturated rings. The van der Waals surface area contributed by atoms with Gasteiger partial charge >= 0.3 is 0 Å². The molecule has 0 spiro atoms. The summed E-state index contributed by atoms with van der Waals surface area (Å²) in [6.45, 7) is 1.88.